The second-order valence-electron chi connectivity index (χ2n) is 5.38. The van der Waals surface area contributed by atoms with Crippen LogP contribution in [0.2, 0.25) is 0 Å². The van der Waals surface area contributed by atoms with E-state index in [4.69, 9.17) is 0 Å². The molecule has 0 saturated carbocycles. The van der Waals surface area contributed by atoms with Crippen LogP contribution in [0.3, 0.4) is 0 Å². The van der Waals surface area contributed by atoms with Gasteiger partial charge in [-0.1, -0.05) is 13.8 Å². The number of Topliss-reactive ketones (excluding diaryl/α,β-unsaturated/α-hetero) is 1. The summed E-state index contributed by atoms with van der Waals surface area (Å²) in [7, 11) is 0. The molecule has 0 amide bonds. The molecule has 110 valence electrons. The molecule has 0 N–H and O–H groups in total. The molecule has 1 fully saturated rings. The molecule has 1 aromatic rings. The Morgan fingerprint density at radius 3 is 2.40 bits per heavy atom. The summed E-state index contributed by atoms with van der Waals surface area (Å²) in [6.45, 7) is 7.79. The van der Waals surface area contributed by atoms with Gasteiger partial charge in [-0.2, -0.15) is 11.8 Å². The summed E-state index contributed by atoms with van der Waals surface area (Å²) in [6.07, 6.45) is 0. The van der Waals surface area contributed by atoms with Crippen molar-refractivity contribution in [3.8, 4) is 0 Å². The van der Waals surface area contributed by atoms with Crippen LogP contribution in [0.1, 0.15) is 31.1 Å². The molecule has 1 aliphatic heterocycles. The van der Waals surface area contributed by atoms with E-state index in [2.05, 4.69) is 18.7 Å². The standard InChI is InChI=1S/C15H19F2NOS/c1-9-7-18(8-10(2)20-9)11(3)15(19)12-4-5-13(16)14(17)6-12/h4-6,9-11H,7-8H2,1-3H3. The fourth-order valence-corrected chi connectivity index (χ4v) is 3.94. The molecule has 3 atom stereocenters. The summed E-state index contributed by atoms with van der Waals surface area (Å²) in [4.78, 5) is 14.5. The highest BCUT2D eigenvalue weighted by atomic mass is 32.2. The zero-order valence-corrected chi connectivity index (χ0v) is 12.7. The summed E-state index contributed by atoms with van der Waals surface area (Å²) in [6, 6.07) is 3.03. The van der Waals surface area contributed by atoms with Gasteiger partial charge in [0.15, 0.2) is 17.4 Å². The van der Waals surface area contributed by atoms with E-state index in [9.17, 15) is 13.6 Å². The number of nitrogens with zero attached hydrogens (tertiary/aromatic N) is 1. The third-order valence-electron chi connectivity index (χ3n) is 3.58. The molecular formula is C15H19F2NOS. The van der Waals surface area contributed by atoms with Crippen LogP contribution in [-0.4, -0.2) is 40.3 Å². The Labute approximate surface area is 122 Å². The van der Waals surface area contributed by atoms with Gasteiger partial charge in [0, 0.05) is 29.2 Å². The van der Waals surface area contributed by atoms with Crippen LogP contribution in [0, 0.1) is 11.6 Å². The van der Waals surface area contributed by atoms with Crippen molar-refractivity contribution in [2.45, 2.75) is 37.3 Å². The average molecular weight is 299 g/mol. The van der Waals surface area contributed by atoms with Gasteiger partial charge in [-0.15, -0.1) is 0 Å². The van der Waals surface area contributed by atoms with Crippen LogP contribution >= 0.6 is 11.8 Å². The summed E-state index contributed by atoms with van der Waals surface area (Å²) < 4.78 is 26.1. The fraction of sp³-hybridized carbons (Fsp3) is 0.533. The summed E-state index contributed by atoms with van der Waals surface area (Å²) in [5.74, 6) is -2.06. The zero-order valence-electron chi connectivity index (χ0n) is 11.9. The number of hydrogen-bond donors (Lipinski definition) is 0. The first-order chi connectivity index (χ1) is 9.38. The van der Waals surface area contributed by atoms with E-state index in [1.807, 2.05) is 18.7 Å². The van der Waals surface area contributed by atoms with E-state index in [1.54, 1.807) is 0 Å². The van der Waals surface area contributed by atoms with E-state index < -0.39 is 11.6 Å². The largest absolute Gasteiger partial charge is 0.292 e. The monoisotopic (exact) mass is 299 g/mol. The van der Waals surface area contributed by atoms with Crippen LogP contribution in [0.5, 0.6) is 0 Å². The number of carbonyl (C=O) groups excluding carboxylic acids is 1. The van der Waals surface area contributed by atoms with Crippen molar-refractivity contribution in [3.63, 3.8) is 0 Å². The van der Waals surface area contributed by atoms with Crippen molar-refractivity contribution in [2.75, 3.05) is 13.1 Å². The molecule has 3 unspecified atom stereocenters. The highest BCUT2D eigenvalue weighted by Gasteiger charge is 2.29. The second-order valence-corrected chi connectivity index (χ2v) is 7.26. The zero-order chi connectivity index (χ0) is 14.9. The molecule has 1 aromatic carbocycles. The normalized spacial score (nSPS) is 25.4. The maximum Gasteiger partial charge on any atom is 0.179 e. The van der Waals surface area contributed by atoms with Gasteiger partial charge in [-0.05, 0) is 25.1 Å². The lowest BCUT2D eigenvalue weighted by atomic mass is 10.0. The van der Waals surface area contributed by atoms with Crippen molar-refractivity contribution in [3.05, 3.63) is 35.4 Å². The quantitative estimate of drug-likeness (QED) is 0.798. The van der Waals surface area contributed by atoms with Crippen molar-refractivity contribution in [1.82, 2.24) is 4.90 Å². The predicted octanol–water partition coefficient (Wildman–Crippen LogP) is 3.36. The molecule has 0 bridgehead atoms. The maximum absolute atomic E-state index is 13.2. The van der Waals surface area contributed by atoms with Crippen LogP contribution in [0.25, 0.3) is 0 Å². The minimum Gasteiger partial charge on any atom is -0.292 e. The van der Waals surface area contributed by atoms with Gasteiger partial charge in [0.25, 0.3) is 0 Å². The first-order valence-corrected chi connectivity index (χ1v) is 7.71. The number of thioether (sulfide) groups is 1. The lowest BCUT2D eigenvalue weighted by Crippen LogP contribution is -2.48. The van der Waals surface area contributed by atoms with Crippen LogP contribution in [-0.2, 0) is 0 Å². The smallest absolute Gasteiger partial charge is 0.179 e. The van der Waals surface area contributed by atoms with E-state index in [-0.39, 0.29) is 17.4 Å². The first-order valence-electron chi connectivity index (χ1n) is 6.77. The van der Waals surface area contributed by atoms with E-state index in [1.165, 1.54) is 6.07 Å². The molecule has 1 aliphatic rings. The Bertz CT molecular complexity index is 499. The van der Waals surface area contributed by atoms with Gasteiger partial charge >= 0.3 is 0 Å². The minimum absolute atomic E-state index is 0.157. The maximum atomic E-state index is 13.2. The van der Waals surface area contributed by atoms with Crippen molar-refractivity contribution < 1.29 is 13.6 Å². The van der Waals surface area contributed by atoms with E-state index in [0.717, 1.165) is 25.2 Å². The van der Waals surface area contributed by atoms with Gasteiger partial charge in [0.1, 0.15) is 0 Å². The topological polar surface area (TPSA) is 20.3 Å². The Hall–Kier alpha value is -0.940. The van der Waals surface area contributed by atoms with Gasteiger partial charge in [-0.3, -0.25) is 9.69 Å². The number of halogens is 2. The molecule has 0 aliphatic carbocycles. The molecule has 0 aromatic heterocycles. The Balaban J connectivity index is 2.13. The summed E-state index contributed by atoms with van der Waals surface area (Å²) in [5, 5.41) is 0.943. The molecule has 0 spiro atoms. The van der Waals surface area contributed by atoms with Crippen molar-refractivity contribution in [2.24, 2.45) is 0 Å². The van der Waals surface area contributed by atoms with Gasteiger partial charge in [0.05, 0.1) is 6.04 Å². The van der Waals surface area contributed by atoms with Crippen LogP contribution in [0.4, 0.5) is 8.78 Å². The molecule has 2 nitrogen and oxygen atoms in total. The molecule has 20 heavy (non-hydrogen) atoms. The number of hydrogen-bond acceptors (Lipinski definition) is 3. The number of rotatable bonds is 3. The van der Waals surface area contributed by atoms with Crippen LogP contribution < -0.4 is 0 Å². The van der Waals surface area contributed by atoms with E-state index in [0.29, 0.717) is 10.5 Å². The highest BCUT2D eigenvalue weighted by Crippen LogP contribution is 2.26. The van der Waals surface area contributed by atoms with Crippen molar-refractivity contribution in [1.29, 1.82) is 0 Å². The number of carbonyl (C=O) groups is 1. The second kappa shape index (κ2) is 6.22. The fourth-order valence-electron chi connectivity index (χ4n) is 2.59. The molecule has 1 saturated heterocycles. The van der Waals surface area contributed by atoms with Crippen molar-refractivity contribution >= 4 is 17.5 Å². The molecule has 0 radical (unpaired) electrons. The summed E-state index contributed by atoms with van der Waals surface area (Å²) in [5.41, 5.74) is 0.231. The molecule has 5 heteroatoms. The Kier molecular flexibility index (Phi) is 4.81. The SMILES string of the molecule is CC1CN(C(C)C(=O)c2ccc(F)c(F)c2)CC(C)S1. The lowest BCUT2D eigenvalue weighted by molar-refractivity contribution is 0.0836. The minimum atomic E-state index is -0.973. The van der Waals surface area contributed by atoms with E-state index >= 15 is 0 Å². The highest BCUT2D eigenvalue weighted by molar-refractivity contribution is 8.00. The van der Waals surface area contributed by atoms with Gasteiger partial charge < -0.3 is 0 Å². The third kappa shape index (κ3) is 3.38. The van der Waals surface area contributed by atoms with Gasteiger partial charge in [0.2, 0.25) is 0 Å². The molecular weight excluding hydrogens is 280 g/mol. The predicted molar refractivity (Wildman–Crippen MR) is 78.2 cm³/mol. The number of ketones is 1. The molecule has 2 rings (SSSR count). The van der Waals surface area contributed by atoms with Gasteiger partial charge in [-0.25, -0.2) is 8.78 Å². The van der Waals surface area contributed by atoms with Crippen LogP contribution in [0.15, 0.2) is 18.2 Å². The third-order valence-corrected chi connectivity index (χ3v) is 4.81. The summed E-state index contributed by atoms with van der Waals surface area (Å²) >= 11 is 1.91. The Morgan fingerprint density at radius 1 is 1.25 bits per heavy atom. The first kappa shape index (κ1) is 15.4. The number of benzene rings is 1. The molecule has 1 heterocycles. The lowest BCUT2D eigenvalue weighted by Gasteiger charge is -2.37. The Morgan fingerprint density at radius 2 is 1.85 bits per heavy atom. The average Bonchev–Trinajstić information content (AvgIpc) is 2.39.